The molecule has 0 saturated heterocycles. The molecule has 0 fully saturated rings. The van der Waals surface area contributed by atoms with Crippen LogP contribution in [0.5, 0.6) is 0 Å². The van der Waals surface area contributed by atoms with Crippen molar-refractivity contribution in [2.75, 3.05) is 13.2 Å². The van der Waals surface area contributed by atoms with Crippen molar-refractivity contribution < 1.29 is 19.1 Å². The van der Waals surface area contributed by atoms with Gasteiger partial charge < -0.3 is 9.47 Å². The van der Waals surface area contributed by atoms with Crippen molar-refractivity contribution in [2.45, 2.75) is 26.4 Å². The van der Waals surface area contributed by atoms with E-state index in [1.807, 2.05) is 0 Å². The predicted molar refractivity (Wildman–Crippen MR) is 50.8 cm³/mol. The molecule has 0 bridgehead atoms. The van der Waals surface area contributed by atoms with Crippen molar-refractivity contribution in [1.82, 2.24) is 0 Å². The molecule has 1 atom stereocenters. The summed E-state index contributed by atoms with van der Waals surface area (Å²) in [6.45, 7) is 3.07. The van der Waals surface area contributed by atoms with Gasteiger partial charge >= 0.3 is 11.9 Å². The summed E-state index contributed by atoms with van der Waals surface area (Å²) in [5, 5.41) is 3.23. The molecule has 0 aromatic carbocycles. The van der Waals surface area contributed by atoms with Crippen LogP contribution in [-0.2, 0) is 19.1 Å². The first-order valence-electron chi connectivity index (χ1n) is 4.43. The Balaban J connectivity index is 4.16. The van der Waals surface area contributed by atoms with E-state index in [-0.39, 0.29) is 19.6 Å². The molecule has 0 aliphatic heterocycles. The zero-order valence-corrected chi connectivity index (χ0v) is 8.67. The van der Waals surface area contributed by atoms with E-state index in [1.165, 1.54) is 6.92 Å². The van der Waals surface area contributed by atoms with Gasteiger partial charge in [-0.05, 0) is 12.5 Å². The number of carbonyl (C=O) groups is 2. The molecule has 7 heteroatoms. The average molecular weight is 215 g/mol. The van der Waals surface area contributed by atoms with E-state index in [4.69, 9.17) is 10.3 Å². The van der Waals surface area contributed by atoms with Crippen LogP contribution in [0, 0.1) is 0 Å². The zero-order valence-electron chi connectivity index (χ0n) is 8.67. The van der Waals surface area contributed by atoms with Gasteiger partial charge in [0.25, 0.3) is 0 Å². The highest BCUT2D eigenvalue weighted by Gasteiger charge is 2.16. The van der Waals surface area contributed by atoms with Crippen molar-refractivity contribution in [2.24, 2.45) is 5.11 Å². The van der Waals surface area contributed by atoms with Gasteiger partial charge in [0.15, 0.2) is 0 Å². The van der Waals surface area contributed by atoms with Crippen LogP contribution in [0.3, 0.4) is 0 Å². The van der Waals surface area contributed by atoms with E-state index in [2.05, 4.69) is 14.8 Å². The fourth-order valence-electron chi connectivity index (χ4n) is 0.912. The maximum atomic E-state index is 11.0. The number of rotatable bonds is 6. The van der Waals surface area contributed by atoms with Gasteiger partial charge in [0, 0.05) is 11.8 Å². The van der Waals surface area contributed by atoms with Gasteiger partial charge in [-0.2, -0.15) is 0 Å². The first-order valence-corrected chi connectivity index (χ1v) is 4.43. The summed E-state index contributed by atoms with van der Waals surface area (Å²) in [7, 11) is 0. The monoisotopic (exact) mass is 215 g/mol. The molecule has 0 aliphatic rings. The Morgan fingerprint density at radius 3 is 2.67 bits per heavy atom. The van der Waals surface area contributed by atoms with Gasteiger partial charge in [0.05, 0.1) is 19.6 Å². The lowest BCUT2D eigenvalue weighted by Gasteiger charge is -2.13. The molecule has 0 amide bonds. The summed E-state index contributed by atoms with van der Waals surface area (Å²) in [4.78, 5) is 24.2. The van der Waals surface area contributed by atoms with Gasteiger partial charge in [0.2, 0.25) is 0 Å². The number of nitrogens with zero attached hydrogens (tertiary/aromatic N) is 3. The molecule has 84 valence electrons. The Labute approximate surface area is 87.0 Å². The van der Waals surface area contributed by atoms with Gasteiger partial charge in [0.1, 0.15) is 6.10 Å². The van der Waals surface area contributed by atoms with Crippen molar-refractivity contribution >= 4 is 11.9 Å². The number of hydrogen-bond acceptors (Lipinski definition) is 5. The quantitative estimate of drug-likeness (QED) is 0.287. The lowest BCUT2D eigenvalue weighted by Crippen LogP contribution is -2.24. The third-order valence-corrected chi connectivity index (χ3v) is 1.38. The number of carbonyl (C=O) groups excluding carboxylic acids is 2. The van der Waals surface area contributed by atoms with E-state index < -0.39 is 18.0 Å². The fourth-order valence-corrected chi connectivity index (χ4v) is 0.912. The Morgan fingerprint density at radius 2 is 2.20 bits per heavy atom. The lowest BCUT2D eigenvalue weighted by molar-refractivity contribution is -0.152. The molecule has 15 heavy (non-hydrogen) atoms. The topological polar surface area (TPSA) is 101 Å². The van der Waals surface area contributed by atoms with E-state index in [1.54, 1.807) is 6.92 Å². The Morgan fingerprint density at radius 1 is 1.53 bits per heavy atom. The maximum absolute atomic E-state index is 11.0. The second-order valence-electron chi connectivity index (χ2n) is 2.65. The Kier molecular flexibility index (Phi) is 6.74. The molecular weight excluding hydrogens is 202 g/mol. The van der Waals surface area contributed by atoms with Crippen molar-refractivity contribution in [1.29, 1.82) is 0 Å². The summed E-state index contributed by atoms with van der Waals surface area (Å²) in [6.07, 6.45) is -0.857. The summed E-state index contributed by atoms with van der Waals surface area (Å²) in [6, 6.07) is 0. The van der Waals surface area contributed by atoms with Crippen molar-refractivity contribution in [3.63, 3.8) is 0 Å². The van der Waals surface area contributed by atoms with Crippen LogP contribution in [-0.4, -0.2) is 31.2 Å². The minimum Gasteiger partial charge on any atom is -0.466 e. The van der Waals surface area contributed by atoms with E-state index in [9.17, 15) is 9.59 Å². The maximum Gasteiger partial charge on any atom is 0.309 e. The van der Waals surface area contributed by atoms with Gasteiger partial charge in [-0.3, -0.25) is 9.59 Å². The molecular formula is C8H13N3O4. The summed E-state index contributed by atoms with van der Waals surface area (Å²) in [5.41, 5.74) is 8.09. The third-order valence-electron chi connectivity index (χ3n) is 1.38. The molecule has 0 radical (unpaired) electrons. The number of esters is 2. The minimum absolute atomic E-state index is 0.0745. The molecule has 7 nitrogen and oxygen atoms in total. The summed E-state index contributed by atoms with van der Waals surface area (Å²) in [5.74, 6) is -1.02. The number of hydrogen-bond donors (Lipinski definition) is 0. The highest BCUT2D eigenvalue weighted by atomic mass is 16.6. The highest BCUT2D eigenvalue weighted by Crippen LogP contribution is 2.02. The number of azide groups is 1. The predicted octanol–water partition coefficient (Wildman–Crippen LogP) is 1.18. The standard InChI is InChI=1S/C8H13N3O4/c1-3-14-8(13)4-7(5-10-11-9)15-6(2)12/h7H,3-5H2,1-2H3. The Bertz CT molecular complexity index is 269. The molecule has 0 aromatic rings. The van der Waals surface area contributed by atoms with E-state index in [0.717, 1.165) is 0 Å². The molecule has 0 heterocycles. The second-order valence-corrected chi connectivity index (χ2v) is 2.65. The van der Waals surface area contributed by atoms with Crippen LogP contribution in [0.4, 0.5) is 0 Å². The van der Waals surface area contributed by atoms with Crippen LogP contribution >= 0.6 is 0 Å². The molecule has 1 unspecified atom stereocenters. The molecule has 0 rings (SSSR count). The SMILES string of the molecule is CCOC(=O)CC(CN=[N+]=[N-])OC(C)=O. The summed E-state index contributed by atoms with van der Waals surface area (Å²) < 4.78 is 9.43. The molecule has 0 aromatic heterocycles. The molecule has 0 N–H and O–H groups in total. The third kappa shape index (κ3) is 7.33. The lowest BCUT2D eigenvalue weighted by atomic mass is 10.2. The molecule has 0 spiro atoms. The zero-order chi connectivity index (χ0) is 11.7. The Hall–Kier alpha value is -1.75. The van der Waals surface area contributed by atoms with E-state index >= 15 is 0 Å². The van der Waals surface area contributed by atoms with Crippen molar-refractivity contribution in [3.05, 3.63) is 10.4 Å². The minimum atomic E-state index is -0.752. The smallest absolute Gasteiger partial charge is 0.309 e. The normalized spacial score (nSPS) is 11.1. The van der Waals surface area contributed by atoms with Crippen molar-refractivity contribution in [3.8, 4) is 0 Å². The van der Waals surface area contributed by atoms with E-state index in [0.29, 0.717) is 0 Å². The largest absolute Gasteiger partial charge is 0.466 e. The van der Waals surface area contributed by atoms with Crippen LogP contribution in [0.15, 0.2) is 5.11 Å². The van der Waals surface area contributed by atoms with Crippen LogP contribution in [0.2, 0.25) is 0 Å². The molecule has 0 aliphatic carbocycles. The molecule has 0 saturated carbocycles. The summed E-state index contributed by atoms with van der Waals surface area (Å²) >= 11 is 0. The van der Waals surface area contributed by atoms with Gasteiger partial charge in [-0.25, -0.2) is 0 Å². The van der Waals surface area contributed by atoms with Gasteiger partial charge in [-0.1, -0.05) is 5.11 Å². The van der Waals surface area contributed by atoms with Crippen LogP contribution < -0.4 is 0 Å². The average Bonchev–Trinajstić information content (AvgIpc) is 2.13. The first kappa shape index (κ1) is 13.2. The highest BCUT2D eigenvalue weighted by molar-refractivity contribution is 5.71. The fraction of sp³-hybridized carbons (Fsp3) is 0.750. The number of ether oxygens (including phenoxy) is 2. The second kappa shape index (κ2) is 7.64. The van der Waals surface area contributed by atoms with Gasteiger partial charge in [-0.15, -0.1) is 0 Å². The van der Waals surface area contributed by atoms with Crippen LogP contribution in [0.1, 0.15) is 20.3 Å². The van der Waals surface area contributed by atoms with Crippen LogP contribution in [0.25, 0.3) is 10.4 Å². The first-order chi connectivity index (χ1) is 7.10.